The highest BCUT2D eigenvalue weighted by Gasteiger charge is 2.09. The summed E-state index contributed by atoms with van der Waals surface area (Å²) >= 11 is 1.39. The number of furan rings is 1. The lowest BCUT2D eigenvalue weighted by molar-refractivity contribution is 0.526. The lowest BCUT2D eigenvalue weighted by atomic mass is 10.2. The summed E-state index contributed by atoms with van der Waals surface area (Å²) in [5.74, 6) is 0.628. The summed E-state index contributed by atoms with van der Waals surface area (Å²) in [7, 11) is 0. The molecule has 2 aromatic rings. The van der Waals surface area contributed by atoms with E-state index in [9.17, 15) is 4.39 Å². The molecule has 1 aromatic heterocycles. The van der Waals surface area contributed by atoms with Crippen molar-refractivity contribution in [1.82, 2.24) is 5.32 Å². The van der Waals surface area contributed by atoms with Gasteiger partial charge in [0.25, 0.3) is 0 Å². The first kappa shape index (κ1) is 14.2. The molecule has 0 aliphatic rings. The van der Waals surface area contributed by atoms with Gasteiger partial charge in [0.1, 0.15) is 11.6 Å². The Balaban J connectivity index is 2.09. The van der Waals surface area contributed by atoms with E-state index in [0.717, 1.165) is 16.2 Å². The molecule has 0 spiro atoms. The number of benzene rings is 1. The SMILES string of the molecule is Cc1occc1Sc1ccc(CNC(C)C)cc1F. The fourth-order valence-electron chi connectivity index (χ4n) is 1.66. The Hall–Kier alpha value is -1.26. The summed E-state index contributed by atoms with van der Waals surface area (Å²) in [6.45, 7) is 6.70. The van der Waals surface area contributed by atoms with Crippen LogP contribution in [0.3, 0.4) is 0 Å². The molecule has 2 rings (SSSR count). The lowest BCUT2D eigenvalue weighted by Gasteiger charge is -2.09. The van der Waals surface area contributed by atoms with Crippen LogP contribution in [0.15, 0.2) is 44.7 Å². The van der Waals surface area contributed by atoms with Gasteiger partial charge in [-0.25, -0.2) is 4.39 Å². The topological polar surface area (TPSA) is 25.2 Å². The van der Waals surface area contributed by atoms with E-state index in [2.05, 4.69) is 19.2 Å². The van der Waals surface area contributed by atoms with Crippen LogP contribution in [0.5, 0.6) is 0 Å². The summed E-state index contributed by atoms with van der Waals surface area (Å²) in [5, 5.41) is 3.27. The zero-order chi connectivity index (χ0) is 13.8. The van der Waals surface area contributed by atoms with Crippen molar-refractivity contribution in [2.24, 2.45) is 0 Å². The van der Waals surface area contributed by atoms with E-state index in [1.165, 1.54) is 11.8 Å². The Morgan fingerprint density at radius 2 is 2.05 bits per heavy atom. The normalized spacial score (nSPS) is 11.2. The molecular weight excluding hydrogens is 261 g/mol. The van der Waals surface area contributed by atoms with Crippen LogP contribution in [0.25, 0.3) is 0 Å². The Labute approximate surface area is 117 Å². The summed E-state index contributed by atoms with van der Waals surface area (Å²) < 4.78 is 19.2. The molecule has 0 bridgehead atoms. The maximum absolute atomic E-state index is 14.0. The molecule has 102 valence electrons. The molecule has 1 aromatic carbocycles. The summed E-state index contributed by atoms with van der Waals surface area (Å²) in [5.41, 5.74) is 0.958. The third-order valence-corrected chi connectivity index (χ3v) is 3.94. The monoisotopic (exact) mass is 279 g/mol. The molecule has 0 aliphatic carbocycles. The highest BCUT2D eigenvalue weighted by atomic mass is 32.2. The van der Waals surface area contributed by atoms with Crippen LogP contribution in [-0.4, -0.2) is 6.04 Å². The van der Waals surface area contributed by atoms with E-state index in [1.54, 1.807) is 12.3 Å². The quantitative estimate of drug-likeness (QED) is 0.879. The van der Waals surface area contributed by atoms with Gasteiger partial charge in [0.15, 0.2) is 0 Å². The molecule has 2 nitrogen and oxygen atoms in total. The minimum Gasteiger partial charge on any atom is -0.468 e. The van der Waals surface area contributed by atoms with Crippen molar-refractivity contribution < 1.29 is 8.81 Å². The van der Waals surface area contributed by atoms with E-state index in [4.69, 9.17) is 4.42 Å². The molecule has 1 heterocycles. The number of rotatable bonds is 5. The average molecular weight is 279 g/mol. The van der Waals surface area contributed by atoms with Crippen molar-refractivity contribution in [3.05, 3.63) is 47.7 Å². The molecule has 1 N–H and O–H groups in total. The molecule has 4 heteroatoms. The predicted molar refractivity (Wildman–Crippen MR) is 75.9 cm³/mol. The van der Waals surface area contributed by atoms with E-state index < -0.39 is 0 Å². The van der Waals surface area contributed by atoms with E-state index in [-0.39, 0.29) is 5.82 Å². The highest BCUT2D eigenvalue weighted by molar-refractivity contribution is 7.99. The van der Waals surface area contributed by atoms with Gasteiger partial charge in [0.05, 0.1) is 11.2 Å². The minimum absolute atomic E-state index is 0.186. The van der Waals surface area contributed by atoms with Crippen LogP contribution in [0.2, 0.25) is 0 Å². The third-order valence-electron chi connectivity index (χ3n) is 2.74. The van der Waals surface area contributed by atoms with Gasteiger partial charge in [0, 0.05) is 17.5 Å². The van der Waals surface area contributed by atoms with Crippen molar-refractivity contribution in [3.8, 4) is 0 Å². The van der Waals surface area contributed by atoms with Gasteiger partial charge in [-0.3, -0.25) is 0 Å². The van der Waals surface area contributed by atoms with Crippen molar-refractivity contribution in [2.75, 3.05) is 0 Å². The van der Waals surface area contributed by atoms with Crippen LogP contribution >= 0.6 is 11.8 Å². The van der Waals surface area contributed by atoms with Crippen molar-refractivity contribution in [2.45, 2.75) is 43.1 Å². The van der Waals surface area contributed by atoms with Crippen LogP contribution in [0.4, 0.5) is 4.39 Å². The van der Waals surface area contributed by atoms with Crippen LogP contribution in [0.1, 0.15) is 25.2 Å². The Bertz CT molecular complexity index is 551. The molecule has 0 atom stereocenters. The van der Waals surface area contributed by atoms with Gasteiger partial charge in [-0.1, -0.05) is 31.7 Å². The number of halogens is 1. The molecule has 0 amide bonds. The molecule has 0 aliphatic heterocycles. The number of hydrogen-bond acceptors (Lipinski definition) is 3. The Kier molecular flexibility index (Phi) is 4.66. The molecule has 0 unspecified atom stereocenters. The van der Waals surface area contributed by atoms with Gasteiger partial charge in [-0.15, -0.1) is 0 Å². The molecule has 0 saturated carbocycles. The molecule has 19 heavy (non-hydrogen) atoms. The van der Waals surface area contributed by atoms with Gasteiger partial charge < -0.3 is 9.73 Å². The minimum atomic E-state index is -0.186. The first-order valence-electron chi connectivity index (χ1n) is 6.30. The van der Waals surface area contributed by atoms with E-state index >= 15 is 0 Å². The smallest absolute Gasteiger partial charge is 0.137 e. The fourth-order valence-corrected chi connectivity index (χ4v) is 2.50. The second-order valence-corrected chi connectivity index (χ2v) is 5.83. The van der Waals surface area contributed by atoms with Crippen LogP contribution in [0, 0.1) is 12.7 Å². The second-order valence-electron chi connectivity index (χ2n) is 4.74. The molecule has 0 fully saturated rings. The van der Waals surface area contributed by atoms with Gasteiger partial charge >= 0.3 is 0 Å². The third kappa shape index (κ3) is 3.85. The van der Waals surface area contributed by atoms with Crippen LogP contribution < -0.4 is 5.32 Å². The zero-order valence-corrected chi connectivity index (χ0v) is 12.2. The number of nitrogens with one attached hydrogen (secondary N) is 1. The zero-order valence-electron chi connectivity index (χ0n) is 11.4. The summed E-state index contributed by atoms with van der Waals surface area (Å²) in [6.07, 6.45) is 1.62. The maximum atomic E-state index is 14.0. The standard InChI is InChI=1S/C15H18FNOS/c1-10(2)17-9-12-4-5-15(13(16)8-12)19-14-6-7-18-11(14)3/h4-8,10,17H,9H2,1-3H3. The van der Waals surface area contributed by atoms with Gasteiger partial charge in [-0.05, 0) is 30.7 Å². The first-order valence-corrected chi connectivity index (χ1v) is 7.11. The van der Waals surface area contributed by atoms with E-state index in [1.807, 2.05) is 25.1 Å². The van der Waals surface area contributed by atoms with Crippen molar-refractivity contribution in [3.63, 3.8) is 0 Å². The Morgan fingerprint density at radius 3 is 2.63 bits per heavy atom. The Morgan fingerprint density at radius 1 is 1.26 bits per heavy atom. The molecular formula is C15H18FNOS. The first-order chi connectivity index (χ1) is 9.06. The largest absolute Gasteiger partial charge is 0.468 e. The highest BCUT2D eigenvalue weighted by Crippen LogP contribution is 2.32. The lowest BCUT2D eigenvalue weighted by Crippen LogP contribution is -2.21. The van der Waals surface area contributed by atoms with Gasteiger partial charge in [-0.2, -0.15) is 0 Å². The number of hydrogen-bond donors (Lipinski definition) is 1. The predicted octanol–water partition coefficient (Wildman–Crippen LogP) is 4.38. The van der Waals surface area contributed by atoms with E-state index in [0.29, 0.717) is 17.5 Å². The summed E-state index contributed by atoms with van der Waals surface area (Å²) in [6, 6.07) is 7.62. The second kappa shape index (κ2) is 6.26. The van der Waals surface area contributed by atoms with Crippen molar-refractivity contribution in [1.29, 1.82) is 0 Å². The average Bonchev–Trinajstić information content (AvgIpc) is 2.75. The fraction of sp³-hybridized carbons (Fsp3) is 0.333. The van der Waals surface area contributed by atoms with Crippen molar-refractivity contribution >= 4 is 11.8 Å². The number of aryl methyl sites for hydroxylation is 1. The summed E-state index contributed by atoms with van der Waals surface area (Å²) in [4.78, 5) is 1.57. The molecule has 0 saturated heterocycles. The molecule has 0 radical (unpaired) electrons. The maximum Gasteiger partial charge on any atom is 0.137 e. The van der Waals surface area contributed by atoms with Gasteiger partial charge in [0.2, 0.25) is 0 Å². The van der Waals surface area contributed by atoms with Crippen LogP contribution in [-0.2, 0) is 6.54 Å².